The zero-order valence-electron chi connectivity index (χ0n) is 11.3. The topological polar surface area (TPSA) is 43.1 Å². The van der Waals surface area contributed by atoms with Crippen LogP contribution in [0.15, 0.2) is 48.5 Å². The number of nitrogens with zero attached hydrogens (tertiary/aromatic N) is 4. The molecule has 0 atom stereocenters. The Balaban J connectivity index is 2.03. The van der Waals surface area contributed by atoms with Gasteiger partial charge < -0.3 is 0 Å². The van der Waals surface area contributed by atoms with Crippen LogP contribution in [0.5, 0.6) is 0 Å². The lowest BCUT2D eigenvalue weighted by molar-refractivity contribution is 0.939. The quantitative estimate of drug-likeness (QED) is 0.500. The lowest BCUT2D eigenvalue weighted by Gasteiger charge is -1.99. The van der Waals surface area contributed by atoms with E-state index in [-0.39, 0.29) is 0 Å². The summed E-state index contributed by atoms with van der Waals surface area (Å²) in [5.41, 5.74) is 3.70. The molecule has 0 aliphatic carbocycles. The largest absolute Gasteiger partial charge is 0.226 e. The molecule has 4 rings (SSSR count). The number of fused-ring (bicyclic) bond motifs is 3. The summed E-state index contributed by atoms with van der Waals surface area (Å²) in [5, 5.41) is 5.73. The molecular formula is C16H11ClN4. The maximum atomic E-state index is 6.21. The molecule has 0 bridgehead atoms. The molecule has 0 amide bonds. The average Bonchev–Trinajstić information content (AvgIpc) is 2.94. The summed E-state index contributed by atoms with van der Waals surface area (Å²) >= 11 is 6.21. The monoisotopic (exact) mass is 294 g/mol. The number of halogens is 1. The molecule has 102 valence electrons. The van der Waals surface area contributed by atoms with Crippen molar-refractivity contribution < 1.29 is 0 Å². The molecule has 0 saturated carbocycles. The summed E-state index contributed by atoms with van der Waals surface area (Å²) in [4.78, 5) is 8.98. The number of hydrogen-bond acceptors (Lipinski definition) is 3. The number of benzene rings is 2. The van der Waals surface area contributed by atoms with Crippen molar-refractivity contribution in [2.45, 2.75) is 6.92 Å². The fourth-order valence-electron chi connectivity index (χ4n) is 2.35. The Labute approximate surface area is 126 Å². The van der Waals surface area contributed by atoms with Crippen molar-refractivity contribution in [2.75, 3.05) is 0 Å². The molecule has 0 aliphatic rings. The molecular weight excluding hydrogens is 284 g/mol. The summed E-state index contributed by atoms with van der Waals surface area (Å²) in [6, 6.07) is 15.9. The average molecular weight is 295 g/mol. The van der Waals surface area contributed by atoms with Crippen LogP contribution in [-0.4, -0.2) is 19.6 Å². The number of aromatic nitrogens is 4. The predicted octanol–water partition coefficient (Wildman–Crippen LogP) is 3.91. The molecule has 0 radical (unpaired) electrons. The third-order valence-electron chi connectivity index (χ3n) is 3.45. The van der Waals surface area contributed by atoms with Crippen LogP contribution in [0.2, 0.25) is 5.28 Å². The summed E-state index contributed by atoms with van der Waals surface area (Å²) < 4.78 is 1.58. The molecule has 21 heavy (non-hydrogen) atoms. The van der Waals surface area contributed by atoms with Gasteiger partial charge in [0.25, 0.3) is 0 Å². The van der Waals surface area contributed by atoms with Crippen LogP contribution in [0, 0.1) is 6.92 Å². The summed E-state index contributed by atoms with van der Waals surface area (Å²) in [6.45, 7) is 2.05. The van der Waals surface area contributed by atoms with E-state index >= 15 is 0 Å². The standard InChI is InChI=1S/C16H11ClN4/c1-10-6-8-11(9-7-10)14-19-15-12-4-2-3-5-13(12)18-16(17)21(15)20-14/h2-9H,1H3. The first-order valence-electron chi connectivity index (χ1n) is 6.60. The van der Waals surface area contributed by atoms with Crippen molar-refractivity contribution in [3.63, 3.8) is 0 Å². The van der Waals surface area contributed by atoms with E-state index < -0.39 is 0 Å². The third kappa shape index (κ3) is 1.96. The number of para-hydroxylation sites is 1. The van der Waals surface area contributed by atoms with Crippen LogP contribution in [0.25, 0.3) is 27.9 Å². The van der Waals surface area contributed by atoms with Crippen LogP contribution in [-0.2, 0) is 0 Å². The van der Waals surface area contributed by atoms with Gasteiger partial charge in [0.2, 0.25) is 5.28 Å². The summed E-state index contributed by atoms with van der Waals surface area (Å²) in [5.74, 6) is 0.648. The van der Waals surface area contributed by atoms with Crippen molar-refractivity contribution in [1.29, 1.82) is 0 Å². The Morgan fingerprint density at radius 2 is 1.71 bits per heavy atom. The first-order valence-corrected chi connectivity index (χ1v) is 6.98. The van der Waals surface area contributed by atoms with E-state index in [1.807, 2.05) is 48.5 Å². The summed E-state index contributed by atoms with van der Waals surface area (Å²) in [7, 11) is 0. The van der Waals surface area contributed by atoms with Gasteiger partial charge in [-0.3, -0.25) is 0 Å². The van der Waals surface area contributed by atoms with Crippen molar-refractivity contribution in [3.8, 4) is 11.4 Å². The van der Waals surface area contributed by atoms with Gasteiger partial charge in [-0.25, -0.2) is 9.97 Å². The van der Waals surface area contributed by atoms with Crippen molar-refractivity contribution in [1.82, 2.24) is 19.6 Å². The SMILES string of the molecule is Cc1ccc(-c2nc3c4ccccc4nc(Cl)n3n2)cc1. The highest BCUT2D eigenvalue weighted by atomic mass is 35.5. The van der Waals surface area contributed by atoms with Crippen LogP contribution in [0.4, 0.5) is 0 Å². The van der Waals surface area contributed by atoms with Crippen LogP contribution < -0.4 is 0 Å². The van der Waals surface area contributed by atoms with E-state index in [0.29, 0.717) is 11.1 Å². The van der Waals surface area contributed by atoms with Crippen LogP contribution in [0.1, 0.15) is 5.56 Å². The van der Waals surface area contributed by atoms with Gasteiger partial charge in [0.1, 0.15) is 0 Å². The highest BCUT2D eigenvalue weighted by Crippen LogP contribution is 2.24. The predicted molar refractivity (Wildman–Crippen MR) is 83.5 cm³/mol. The van der Waals surface area contributed by atoms with E-state index in [1.54, 1.807) is 4.52 Å². The van der Waals surface area contributed by atoms with E-state index in [2.05, 4.69) is 22.0 Å². The maximum absolute atomic E-state index is 6.21. The first-order chi connectivity index (χ1) is 10.2. The van der Waals surface area contributed by atoms with Crippen molar-refractivity contribution in [3.05, 3.63) is 59.4 Å². The Kier molecular flexibility index (Phi) is 2.65. The number of hydrogen-bond donors (Lipinski definition) is 0. The highest BCUT2D eigenvalue weighted by Gasteiger charge is 2.12. The molecule has 2 heterocycles. The molecule has 4 nitrogen and oxygen atoms in total. The molecule has 2 aromatic carbocycles. The molecule has 0 spiro atoms. The Morgan fingerprint density at radius 3 is 2.52 bits per heavy atom. The molecule has 0 aliphatic heterocycles. The van der Waals surface area contributed by atoms with Crippen molar-refractivity contribution >= 4 is 28.2 Å². The van der Waals surface area contributed by atoms with Crippen LogP contribution >= 0.6 is 11.6 Å². The third-order valence-corrected chi connectivity index (χ3v) is 3.69. The van der Waals surface area contributed by atoms with E-state index in [0.717, 1.165) is 22.1 Å². The molecule has 2 aromatic heterocycles. The van der Waals surface area contributed by atoms with Gasteiger partial charge in [0.15, 0.2) is 11.5 Å². The molecule has 0 unspecified atom stereocenters. The molecule has 4 aromatic rings. The summed E-state index contributed by atoms with van der Waals surface area (Å²) in [6.07, 6.45) is 0. The Hall–Kier alpha value is -2.46. The number of aryl methyl sites for hydroxylation is 1. The van der Waals surface area contributed by atoms with E-state index in [1.165, 1.54) is 5.56 Å². The second kappa shape index (κ2) is 4.53. The zero-order chi connectivity index (χ0) is 14.4. The van der Waals surface area contributed by atoms with Gasteiger partial charge >= 0.3 is 0 Å². The van der Waals surface area contributed by atoms with Crippen molar-refractivity contribution in [2.24, 2.45) is 0 Å². The highest BCUT2D eigenvalue weighted by molar-refractivity contribution is 6.29. The normalized spacial score (nSPS) is 11.3. The molecule has 5 heteroatoms. The van der Waals surface area contributed by atoms with Gasteiger partial charge in [-0.15, -0.1) is 5.10 Å². The molecule has 0 saturated heterocycles. The fraction of sp³-hybridized carbons (Fsp3) is 0.0625. The Morgan fingerprint density at radius 1 is 0.952 bits per heavy atom. The minimum atomic E-state index is 0.314. The van der Waals surface area contributed by atoms with E-state index in [4.69, 9.17) is 11.6 Å². The van der Waals surface area contributed by atoms with Gasteiger partial charge in [-0.1, -0.05) is 42.0 Å². The molecule has 0 N–H and O–H groups in total. The van der Waals surface area contributed by atoms with Gasteiger partial charge in [0, 0.05) is 10.9 Å². The Bertz CT molecular complexity index is 957. The maximum Gasteiger partial charge on any atom is 0.226 e. The minimum absolute atomic E-state index is 0.314. The van der Waals surface area contributed by atoms with E-state index in [9.17, 15) is 0 Å². The number of rotatable bonds is 1. The smallest absolute Gasteiger partial charge is 0.218 e. The lowest BCUT2D eigenvalue weighted by Crippen LogP contribution is -1.94. The molecule has 0 fully saturated rings. The van der Waals surface area contributed by atoms with Gasteiger partial charge in [0.05, 0.1) is 5.52 Å². The van der Waals surface area contributed by atoms with Gasteiger partial charge in [-0.2, -0.15) is 4.52 Å². The zero-order valence-corrected chi connectivity index (χ0v) is 12.0. The lowest BCUT2D eigenvalue weighted by atomic mass is 10.1. The van der Waals surface area contributed by atoms with Crippen LogP contribution in [0.3, 0.4) is 0 Å². The first kappa shape index (κ1) is 12.3. The second-order valence-electron chi connectivity index (χ2n) is 4.93. The fourth-order valence-corrected chi connectivity index (χ4v) is 2.56. The van der Waals surface area contributed by atoms with Gasteiger partial charge in [-0.05, 0) is 30.7 Å². The minimum Gasteiger partial charge on any atom is -0.218 e. The second-order valence-corrected chi connectivity index (χ2v) is 5.27.